The predicted octanol–water partition coefficient (Wildman–Crippen LogP) is 4.57. The van der Waals surface area contributed by atoms with Gasteiger partial charge in [0.15, 0.2) is 0 Å². The highest BCUT2D eigenvalue weighted by molar-refractivity contribution is 7.98. The largest absolute Gasteiger partial charge is 0.444 e. The molecule has 0 radical (unpaired) electrons. The Kier molecular flexibility index (Phi) is 4.84. The lowest BCUT2D eigenvalue weighted by molar-refractivity contribution is 0.573. The number of aryl methyl sites for hydroxylation is 2. The highest BCUT2D eigenvalue weighted by atomic mass is 35.5. The molecule has 0 aliphatic carbocycles. The van der Waals surface area contributed by atoms with E-state index in [0.717, 1.165) is 11.3 Å². The number of rotatable bonds is 4. The number of hydrogen-bond acceptors (Lipinski definition) is 6. The van der Waals surface area contributed by atoms with Crippen LogP contribution >= 0.6 is 23.4 Å². The van der Waals surface area contributed by atoms with Crippen LogP contribution in [0.3, 0.4) is 0 Å². The predicted molar refractivity (Wildman–Crippen MR) is 92.7 cm³/mol. The molecule has 7 heteroatoms. The Morgan fingerprint density at radius 3 is 2.83 bits per heavy atom. The molecule has 120 valence electrons. The number of benzene rings is 1. The average molecular weight is 357 g/mol. The normalized spacial score (nSPS) is 10.6. The maximum Gasteiger partial charge on any atom is 0.226 e. The van der Waals surface area contributed by atoms with E-state index in [0.29, 0.717) is 38.8 Å². The van der Waals surface area contributed by atoms with Crippen molar-refractivity contribution in [2.24, 2.45) is 0 Å². The summed E-state index contributed by atoms with van der Waals surface area (Å²) in [5.41, 5.74) is 2.79. The zero-order valence-electron chi connectivity index (χ0n) is 13.1. The Hall–Kier alpha value is -2.36. The number of thioether (sulfide) groups is 1. The van der Waals surface area contributed by atoms with Crippen molar-refractivity contribution in [2.75, 3.05) is 0 Å². The van der Waals surface area contributed by atoms with E-state index >= 15 is 0 Å². The molecule has 3 rings (SSSR count). The van der Waals surface area contributed by atoms with Crippen molar-refractivity contribution >= 4 is 23.4 Å². The molecule has 0 atom stereocenters. The zero-order chi connectivity index (χ0) is 17.1. The SMILES string of the molecule is Cc1nc(C)c(C#N)c(SCc2coc(-c3cccc(Cl)c3)n2)n1. The minimum absolute atomic E-state index is 0.504. The van der Waals surface area contributed by atoms with Gasteiger partial charge >= 0.3 is 0 Å². The molecule has 0 N–H and O–H groups in total. The topological polar surface area (TPSA) is 75.6 Å². The first-order chi connectivity index (χ1) is 11.6. The molecule has 24 heavy (non-hydrogen) atoms. The van der Waals surface area contributed by atoms with Crippen molar-refractivity contribution in [3.05, 3.63) is 58.3 Å². The first-order valence-corrected chi connectivity index (χ1v) is 8.51. The molecule has 0 unspecified atom stereocenters. The second-order valence-electron chi connectivity index (χ2n) is 5.09. The number of aromatic nitrogens is 3. The molecule has 0 aliphatic heterocycles. The first kappa shape index (κ1) is 16.5. The van der Waals surface area contributed by atoms with E-state index in [1.54, 1.807) is 18.4 Å². The van der Waals surface area contributed by atoms with E-state index in [2.05, 4.69) is 21.0 Å². The summed E-state index contributed by atoms with van der Waals surface area (Å²) < 4.78 is 5.52. The first-order valence-electron chi connectivity index (χ1n) is 7.15. The van der Waals surface area contributed by atoms with Crippen LogP contribution in [0.1, 0.15) is 22.8 Å². The van der Waals surface area contributed by atoms with E-state index in [1.807, 2.05) is 26.0 Å². The minimum atomic E-state index is 0.504. The van der Waals surface area contributed by atoms with Crippen LogP contribution in [0.4, 0.5) is 0 Å². The van der Waals surface area contributed by atoms with E-state index in [-0.39, 0.29) is 0 Å². The Morgan fingerprint density at radius 1 is 1.25 bits per heavy atom. The molecular formula is C17H13ClN4OS. The molecule has 0 bridgehead atoms. The van der Waals surface area contributed by atoms with E-state index < -0.39 is 0 Å². The van der Waals surface area contributed by atoms with Gasteiger partial charge in [0.05, 0.1) is 11.4 Å². The van der Waals surface area contributed by atoms with Crippen LogP contribution in [0.25, 0.3) is 11.5 Å². The fourth-order valence-electron chi connectivity index (χ4n) is 2.18. The molecule has 1 aromatic carbocycles. The van der Waals surface area contributed by atoms with Crippen molar-refractivity contribution in [1.82, 2.24) is 15.0 Å². The molecule has 0 aliphatic rings. The molecule has 5 nitrogen and oxygen atoms in total. The Labute approximate surface area is 148 Å². The maximum atomic E-state index is 9.28. The van der Waals surface area contributed by atoms with Gasteiger partial charge in [0, 0.05) is 16.3 Å². The lowest BCUT2D eigenvalue weighted by Crippen LogP contribution is -1.99. The average Bonchev–Trinajstić information content (AvgIpc) is 3.01. The summed E-state index contributed by atoms with van der Waals surface area (Å²) in [6.07, 6.45) is 1.61. The van der Waals surface area contributed by atoms with Gasteiger partial charge in [0.2, 0.25) is 5.89 Å². The van der Waals surface area contributed by atoms with Gasteiger partial charge in [-0.05, 0) is 32.0 Å². The summed E-state index contributed by atoms with van der Waals surface area (Å²) in [6, 6.07) is 9.50. The third-order valence-corrected chi connectivity index (χ3v) is 4.50. The van der Waals surface area contributed by atoms with Gasteiger partial charge in [-0.3, -0.25) is 0 Å². The van der Waals surface area contributed by atoms with Crippen LogP contribution in [0, 0.1) is 25.2 Å². The lowest BCUT2D eigenvalue weighted by Gasteiger charge is -2.05. The number of oxazole rings is 1. The van der Waals surface area contributed by atoms with Crippen LogP contribution in [-0.4, -0.2) is 15.0 Å². The number of nitriles is 1. The quantitative estimate of drug-likeness (QED) is 0.503. The monoisotopic (exact) mass is 356 g/mol. The second-order valence-corrected chi connectivity index (χ2v) is 6.49. The number of halogens is 1. The summed E-state index contributed by atoms with van der Waals surface area (Å²) in [7, 11) is 0. The van der Waals surface area contributed by atoms with Gasteiger partial charge in [0.1, 0.15) is 28.7 Å². The third kappa shape index (κ3) is 3.58. The van der Waals surface area contributed by atoms with Crippen molar-refractivity contribution < 1.29 is 4.42 Å². The van der Waals surface area contributed by atoms with Gasteiger partial charge < -0.3 is 4.42 Å². The van der Waals surface area contributed by atoms with E-state index in [1.165, 1.54) is 11.8 Å². The molecule has 2 heterocycles. The van der Waals surface area contributed by atoms with Crippen LogP contribution in [-0.2, 0) is 5.75 Å². The van der Waals surface area contributed by atoms with Crippen LogP contribution < -0.4 is 0 Å². The second kappa shape index (κ2) is 7.04. The summed E-state index contributed by atoms with van der Waals surface area (Å²) >= 11 is 7.43. The van der Waals surface area contributed by atoms with Gasteiger partial charge in [0.25, 0.3) is 0 Å². The van der Waals surface area contributed by atoms with E-state index in [4.69, 9.17) is 16.0 Å². The highest BCUT2D eigenvalue weighted by Crippen LogP contribution is 2.27. The molecule has 2 aromatic heterocycles. The number of nitrogens with zero attached hydrogens (tertiary/aromatic N) is 4. The van der Waals surface area contributed by atoms with Gasteiger partial charge in [-0.25, -0.2) is 15.0 Å². The molecule has 0 spiro atoms. The Balaban J connectivity index is 1.78. The maximum absolute atomic E-state index is 9.28. The number of hydrogen-bond donors (Lipinski definition) is 0. The lowest BCUT2D eigenvalue weighted by atomic mass is 10.2. The highest BCUT2D eigenvalue weighted by Gasteiger charge is 2.13. The van der Waals surface area contributed by atoms with E-state index in [9.17, 15) is 5.26 Å². The molecule has 0 saturated carbocycles. The summed E-state index contributed by atoms with van der Waals surface area (Å²) in [5.74, 6) is 1.71. The molecule has 0 amide bonds. The van der Waals surface area contributed by atoms with Gasteiger partial charge in [-0.1, -0.05) is 29.4 Å². The zero-order valence-corrected chi connectivity index (χ0v) is 14.6. The van der Waals surface area contributed by atoms with Crippen LogP contribution in [0.15, 0.2) is 40.0 Å². The summed E-state index contributed by atoms with van der Waals surface area (Å²) in [6.45, 7) is 3.62. The summed E-state index contributed by atoms with van der Waals surface area (Å²) in [4.78, 5) is 13.0. The summed E-state index contributed by atoms with van der Waals surface area (Å²) in [5, 5.41) is 10.6. The van der Waals surface area contributed by atoms with Crippen molar-refractivity contribution in [3.63, 3.8) is 0 Å². The minimum Gasteiger partial charge on any atom is -0.444 e. The molecule has 0 fully saturated rings. The molecule has 3 aromatic rings. The Morgan fingerprint density at radius 2 is 2.08 bits per heavy atom. The van der Waals surface area contributed by atoms with Crippen molar-refractivity contribution in [1.29, 1.82) is 5.26 Å². The van der Waals surface area contributed by atoms with Gasteiger partial charge in [-0.15, -0.1) is 0 Å². The fourth-order valence-corrected chi connectivity index (χ4v) is 3.33. The van der Waals surface area contributed by atoms with Crippen molar-refractivity contribution in [2.45, 2.75) is 24.6 Å². The standard InChI is InChI=1S/C17H13ClN4OS/c1-10-15(7-19)17(21-11(2)20-10)24-9-14-8-23-16(22-14)12-4-3-5-13(18)6-12/h3-6,8H,9H2,1-2H3. The Bertz CT molecular complexity index is 933. The molecular weight excluding hydrogens is 344 g/mol. The third-order valence-electron chi connectivity index (χ3n) is 3.26. The van der Waals surface area contributed by atoms with Crippen LogP contribution in [0.5, 0.6) is 0 Å². The molecule has 0 saturated heterocycles. The van der Waals surface area contributed by atoms with Gasteiger partial charge in [-0.2, -0.15) is 5.26 Å². The van der Waals surface area contributed by atoms with Crippen LogP contribution in [0.2, 0.25) is 5.02 Å². The fraction of sp³-hybridized carbons (Fsp3) is 0.176. The van der Waals surface area contributed by atoms with Crippen molar-refractivity contribution in [3.8, 4) is 17.5 Å². The smallest absolute Gasteiger partial charge is 0.226 e.